The van der Waals surface area contributed by atoms with Crippen LogP contribution in [0.5, 0.6) is 23.0 Å². The summed E-state index contributed by atoms with van der Waals surface area (Å²) in [6.07, 6.45) is 0. The first-order valence-electron chi connectivity index (χ1n) is 11.6. The average Bonchev–Trinajstić information content (AvgIpc) is 2.79. The van der Waals surface area contributed by atoms with Crippen molar-refractivity contribution in [3.8, 4) is 23.0 Å². The van der Waals surface area contributed by atoms with E-state index in [1.807, 2.05) is 26.0 Å². The van der Waals surface area contributed by atoms with Crippen LogP contribution in [-0.2, 0) is 10.8 Å². The highest BCUT2D eigenvalue weighted by Crippen LogP contribution is 2.43. The van der Waals surface area contributed by atoms with E-state index in [2.05, 4.69) is 52.0 Å². The van der Waals surface area contributed by atoms with Crippen LogP contribution >= 0.6 is 0 Å². The Hall–Kier alpha value is -3.54. The number of nitrogens with two attached hydrogens (primary N) is 2. The molecule has 0 atom stereocenters. The number of ether oxygens (including phenoxy) is 2. The lowest BCUT2D eigenvalue weighted by atomic mass is 9.74. The Kier molecular flexibility index (Phi) is 6.92. The summed E-state index contributed by atoms with van der Waals surface area (Å²) in [5.41, 5.74) is 16.1. The van der Waals surface area contributed by atoms with Gasteiger partial charge in [-0.3, -0.25) is 0 Å². The van der Waals surface area contributed by atoms with Gasteiger partial charge in [0.15, 0.2) is 23.0 Å². The van der Waals surface area contributed by atoms with Crippen LogP contribution in [0.4, 0.5) is 11.4 Å². The Morgan fingerprint density at radius 3 is 1.24 bits per heavy atom. The minimum Gasteiger partial charge on any atom is -0.503 e. The van der Waals surface area contributed by atoms with Gasteiger partial charge in [0, 0.05) is 10.8 Å². The van der Waals surface area contributed by atoms with E-state index in [0.717, 1.165) is 22.3 Å². The van der Waals surface area contributed by atoms with Gasteiger partial charge in [-0.15, -0.1) is 0 Å². The summed E-state index contributed by atoms with van der Waals surface area (Å²) < 4.78 is 11.2. The van der Waals surface area contributed by atoms with Crippen LogP contribution in [0.1, 0.15) is 63.8 Å². The number of rotatable bonds is 8. The Morgan fingerprint density at radius 2 is 0.941 bits per heavy atom. The van der Waals surface area contributed by atoms with Crippen LogP contribution in [0.3, 0.4) is 0 Å². The molecule has 0 amide bonds. The molecular formula is C28H36N2O4. The summed E-state index contributed by atoms with van der Waals surface area (Å²) in [5, 5.41) is 20.5. The molecule has 0 aliphatic carbocycles. The molecule has 3 rings (SSSR count). The fourth-order valence-electron chi connectivity index (χ4n) is 4.15. The Bertz CT molecular complexity index is 1080. The Morgan fingerprint density at radius 1 is 0.618 bits per heavy atom. The largest absolute Gasteiger partial charge is 0.503 e. The molecule has 0 fully saturated rings. The molecule has 0 unspecified atom stereocenters. The second-order valence-corrected chi connectivity index (χ2v) is 9.52. The minimum atomic E-state index is -0.374. The summed E-state index contributed by atoms with van der Waals surface area (Å²) in [7, 11) is 0. The summed E-state index contributed by atoms with van der Waals surface area (Å²) in [4.78, 5) is 0. The van der Waals surface area contributed by atoms with Crippen molar-refractivity contribution in [3.05, 3.63) is 70.8 Å². The third-order valence-corrected chi connectivity index (χ3v) is 6.58. The SMILES string of the molecule is CCOc1cc(C(C)(C)c2ccc(C(C)(C)c3cc(N)c(O)c(OCC)c3)cc2)cc(N)c1O. The summed E-state index contributed by atoms with van der Waals surface area (Å²) in [6.45, 7) is 13.1. The molecule has 0 bridgehead atoms. The molecule has 6 nitrogen and oxygen atoms in total. The molecule has 6 N–H and O–H groups in total. The van der Waals surface area contributed by atoms with Gasteiger partial charge in [0.05, 0.1) is 24.6 Å². The third-order valence-electron chi connectivity index (χ3n) is 6.58. The van der Waals surface area contributed by atoms with Crippen LogP contribution in [-0.4, -0.2) is 23.4 Å². The van der Waals surface area contributed by atoms with Gasteiger partial charge < -0.3 is 31.2 Å². The molecule has 0 saturated heterocycles. The molecular weight excluding hydrogens is 428 g/mol. The van der Waals surface area contributed by atoms with Gasteiger partial charge in [-0.25, -0.2) is 0 Å². The summed E-state index contributed by atoms with van der Waals surface area (Å²) >= 11 is 0. The second kappa shape index (κ2) is 9.37. The zero-order valence-electron chi connectivity index (χ0n) is 20.9. The summed E-state index contributed by atoms with van der Waals surface area (Å²) in [6, 6.07) is 15.7. The van der Waals surface area contributed by atoms with Crippen molar-refractivity contribution in [2.45, 2.75) is 52.4 Å². The van der Waals surface area contributed by atoms with E-state index >= 15 is 0 Å². The lowest BCUT2D eigenvalue weighted by Crippen LogP contribution is -2.22. The maximum Gasteiger partial charge on any atom is 0.181 e. The highest BCUT2D eigenvalue weighted by atomic mass is 16.5. The fraction of sp³-hybridized carbons (Fsp3) is 0.357. The molecule has 3 aromatic rings. The molecule has 6 heteroatoms. The van der Waals surface area contributed by atoms with Gasteiger partial charge in [-0.2, -0.15) is 0 Å². The number of hydrogen-bond acceptors (Lipinski definition) is 6. The van der Waals surface area contributed by atoms with Gasteiger partial charge in [0.1, 0.15) is 0 Å². The first-order chi connectivity index (χ1) is 15.9. The molecule has 0 radical (unpaired) electrons. The first-order valence-corrected chi connectivity index (χ1v) is 11.6. The zero-order chi connectivity index (χ0) is 25.3. The molecule has 0 aliphatic heterocycles. The number of phenols is 2. The average molecular weight is 465 g/mol. The predicted molar refractivity (Wildman–Crippen MR) is 138 cm³/mol. The quantitative estimate of drug-likeness (QED) is 0.251. The smallest absolute Gasteiger partial charge is 0.181 e. The van der Waals surface area contributed by atoms with E-state index in [9.17, 15) is 10.2 Å². The lowest BCUT2D eigenvalue weighted by Gasteiger charge is -2.30. The fourth-order valence-corrected chi connectivity index (χ4v) is 4.15. The van der Waals surface area contributed by atoms with Crippen LogP contribution < -0.4 is 20.9 Å². The molecule has 0 heterocycles. The van der Waals surface area contributed by atoms with Crippen molar-refractivity contribution in [1.29, 1.82) is 0 Å². The number of aromatic hydroxyl groups is 2. The van der Waals surface area contributed by atoms with E-state index in [1.54, 1.807) is 12.1 Å². The normalized spacial score (nSPS) is 11.9. The highest BCUT2D eigenvalue weighted by molar-refractivity contribution is 5.64. The van der Waals surface area contributed by atoms with Crippen LogP contribution in [0.15, 0.2) is 48.5 Å². The van der Waals surface area contributed by atoms with Crippen molar-refractivity contribution in [2.75, 3.05) is 24.7 Å². The van der Waals surface area contributed by atoms with Crippen LogP contribution in [0.2, 0.25) is 0 Å². The monoisotopic (exact) mass is 464 g/mol. The molecule has 34 heavy (non-hydrogen) atoms. The van der Waals surface area contributed by atoms with Crippen molar-refractivity contribution < 1.29 is 19.7 Å². The van der Waals surface area contributed by atoms with Crippen LogP contribution in [0, 0.1) is 0 Å². The Labute approximate surface area is 202 Å². The van der Waals surface area contributed by atoms with Crippen molar-refractivity contribution >= 4 is 11.4 Å². The van der Waals surface area contributed by atoms with Gasteiger partial charge in [-0.05, 0) is 60.4 Å². The molecule has 0 aliphatic rings. The molecule has 3 aromatic carbocycles. The molecule has 0 saturated carbocycles. The zero-order valence-corrected chi connectivity index (χ0v) is 20.9. The molecule has 0 aromatic heterocycles. The minimum absolute atomic E-state index is 0.0295. The van der Waals surface area contributed by atoms with Crippen molar-refractivity contribution in [1.82, 2.24) is 0 Å². The number of benzene rings is 3. The maximum atomic E-state index is 10.2. The van der Waals surface area contributed by atoms with E-state index in [1.165, 1.54) is 0 Å². The van der Waals surface area contributed by atoms with Gasteiger partial charge in [0.25, 0.3) is 0 Å². The van der Waals surface area contributed by atoms with E-state index in [0.29, 0.717) is 36.1 Å². The number of phenolic OH excluding ortho intramolecular Hbond substituents is 2. The van der Waals surface area contributed by atoms with Gasteiger partial charge in [0.2, 0.25) is 0 Å². The standard InChI is InChI=1S/C28H36N2O4/c1-7-33-23-15-19(13-21(29)25(23)31)27(3,4)17-9-11-18(12-10-17)28(5,6)20-14-22(30)26(32)24(16-20)34-8-2/h9-16,31-32H,7-8,29-30H2,1-6H3. The van der Waals surface area contributed by atoms with Gasteiger partial charge in [-0.1, -0.05) is 52.0 Å². The van der Waals surface area contributed by atoms with Gasteiger partial charge >= 0.3 is 0 Å². The van der Waals surface area contributed by atoms with E-state index in [4.69, 9.17) is 20.9 Å². The Balaban J connectivity index is 1.99. The van der Waals surface area contributed by atoms with E-state index < -0.39 is 0 Å². The topological polar surface area (TPSA) is 111 Å². The molecule has 0 spiro atoms. The maximum absolute atomic E-state index is 10.2. The van der Waals surface area contributed by atoms with E-state index in [-0.39, 0.29) is 22.3 Å². The number of hydrogen-bond donors (Lipinski definition) is 4. The number of nitrogen functional groups attached to an aromatic ring is 2. The predicted octanol–water partition coefficient (Wildman–Crippen LogP) is 5.71. The highest BCUT2D eigenvalue weighted by Gasteiger charge is 2.29. The molecule has 182 valence electrons. The third kappa shape index (κ3) is 4.58. The van der Waals surface area contributed by atoms with Crippen LogP contribution in [0.25, 0.3) is 0 Å². The summed E-state index contributed by atoms with van der Waals surface area (Å²) in [5.74, 6) is 0.716. The van der Waals surface area contributed by atoms with Crippen molar-refractivity contribution in [3.63, 3.8) is 0 Å². The lowest BCUT2D eigenvalue weighted by molar-refractivity contribution is 0.318. The number of anilines is 2. The van der Waals surface area contributed by atoms with Crippen molar-refractivity contribution in [2.24, 2.45) is 0 Å². The second-order valence-electron chi connectivity index (χ2n) is 9.52. The first kappa shape index (κ1) is 25.1.